The molecule has 2 aliphatic rings. The maximum absolute atomic E-state index is 11.4. The van der Waals surface area contributed by atoms with Crippen LogP contribution >= 0.6 is 11.6 Å². The number of amides is 1. The van der Waals surface area contributed by atoms with Crippen LogP contribution in [0.4, 0.5) is 5.82 Å². The first-order chi connectivity index (χ1) is 19.2. The molecule has 1 saturated carbocycles. The van der Waals surface area contributed by atoms with Gasteiger partial charge in [0.1, 0.15) is 0 Å². The Morgan fingerprint density at radius 1 is 1.27 bits per heavy atom. The summed E-state index contributed by atoms with van der Waals surface area (Å²) in [6.45, 7) is 8.12. The summed E-state index contributed by atoms with van der Waals surface area (Å²) in [5.74, 6) is 2.13. The number of aliphatic hydroxyl groups excluding tert-OH is 2. The van der Waals surface area contributed by atoms with E-state index in [0.29, 0.717) is 24.8 Å². The standard InChI is InChI=1S/C32H44ClN3O4/c1-5-8-23-17-26(33)11-13-27(23)25-19-36(32-31(40-20-25)15-14-29(34-32)21(2)37)18-24-10-12-28(24)30(39)9-6-7-16-35(4)22(3)38/h6,9,11,13-15,17,21,24-25,28,30,37,39H,5,7-8,10,12,16,18-20H2,1-4H3/b9-6+. The maximum Gasteiger partial charge on any atom is 0.219 e. The van der Waals surface area contributed by atoms with Crippen molar-refractivity contribution in [2.24, 2.45) is 11.8 Å². The monoisotopic (exact) mass is 569 g/mol. The van der Waals surface area contributed by atoms with Crippen LogP contribution in [0.3, 0.4) is 0 Å². The van der Waals surface area contributed by atoms with Crippen LogP contribution in [-0.2, 0) is 11.2 Å². The first kappa shape index (κ1) is 30.4. The molecule has 4 rings (SSSR count). The third kappa shape index (κ3) is 7.36. The van der Waals surface area contributed by atoms with Crippen molar-refractivity contribution >= 4 is 23.3 Å². The van der Waals surface area contributed by atoms with Crippen LogP contribution < -0.4 is 9.64 Å². The number of hydrogen-bond acceptors (Lipinski definition) is 6. The van der Waals surface area contributed by atoms with Gasteiger partial charge in [-0.05, 0) is 79.8 Å². The smallest absolute Gasteiger partial charge is 0.219 e. The van der Waals surface area contributed by atoms with Crippen LogP contribution in [0.5, 0.6) is 5.75 Å². The fraction of sp³-hybridized carbons (Fsp3) is 0.562. The molecule has 40 heavy (non-hydrogen) atoms. The number of nitrogens with zero attached hydrogens (tertiary/aromatic N) is 3. The molecular formula is C32H44ClN3O4. The highest BCUT2D eigenvalue weighted by atomic mass is 35.5. The van der Waals surface area contributed by atoms with E-state index >= 15 is 0 Å². The fourth-order valence-electron chi connectivity index (χ4n) is 5.78. The van der Waals surface area contributed by atoms with Crippen LogP contribution in [0, 0.1) is 11.8 Å². The van der Waals surface area contributed by atoms with Crippen molar-refractivity contribution in [2.75, 3.05) is 38.2 Å². The van der Waals surface area contributed by atoms with Gasteiger partial charge < -0.3 is 24.7 Å². The Morgan fingerprint density at radius 2 is 2.08 bits per heavy atom. The summed E-state index contributed by atoms with van der Waals surface area (Å²) < 4.78 is 6.35. The fourth-order valence-corrected chi connectivity index (χ4v) is 5.98. The molecule has 0 spiro atoms. The van der Waals surface area contributed by atoms with Gasteiger partial charge in [-0.2, -0.15) is 0 Å². The van der Waals surface area contributed by atoms with Gasteiger partial charge in [0.05, 0.1) is 24.5 Å². The molecular weight excluding hydrogens is 526 g/mol. The van der Waals surface area contributed by atoms with Gasteiger partial charge in [0.2, 0.25) is 5.91 Å². The zero-order valence-electron chi connectivity index (χ0n) is 24.2. The van der Waals surface area contributed by atoms with Gasteiger partial charge in [-0.3, -0.25) is 4.79 Å². The minimum atomic E-state index is -0.677. The van der Waals surface area contributed by atoms with E-state index in [1.807, 2.05) is 30.4 Å². The molecule has 1 aromatic heterocycles. The van der Waals surface area contributed by atoms with E-state index in [2.05, 4.69) is 24.0 Å². The second-order valence-electron chi connectivity index (χ2n) is 11.4. The van der Waals surface area contributed by atoms with Crippen LogP contribution in [0.15, 0.2) is 42.5 Å². The summed E-state index contributed by atoms with van der Waals surface area (Å²) in [5.41, 5.74) is 3.13. The molecule has 1 amide bonds. The van der Waals surface area contributed by atoms with Crippen molar-refractivity contribution in [3.05, 3.63) is 64.3 Å². The van der Waals surface area contributed by atoms with Crippen molar-refractivity contribution in [3.63, 3.8) is 0 Å². The number of aliphatic hydroxyl groups is 2. The van der Waals surface area contributed by atoms with Crippen molar-refractivity contribution in [1.29, 1.82) is 0 Å². The van der Waals surface area contributed by atoms with Crippen molar-refractivity contribution < 1.29 is 19.7 Å². The lowest BCUT2D eigenvalue weighted by atomic mass is 9.70. The highest BCUT2D eigenvalue weighted by Gasteiger charge is 2.38. The van der Waals surface area contributed by atoms with Crippen molar-refractivity contribution in [3.8, 4) is 5.75 Å². The average Bonchev–Trinajstić information content (AvgIpc) is 3.08. The molecule has 2 N–H and O–H groups in total. The Labute approximate surface area is 243 Å². The maximum atomic E-state index is 11.4. The van der Waals surface area contributed by atoms with Crippen LogP contribution in [0.2, 0.25) is 5.02 Å². The summed E-state index contributed by atoms with van der Waals surface area (Å²) in [4.78, 5) is 20.3. The van der Waals surface area contributed by atoms with Crippen LogP contribution in [0.25, 0.3) is 0 Å². The van der Waals surface area contributed by atoms with Crippen molar-refractivity contribution in [1.82, 2.24) is 9.88 Å². The summed E-state index contributed by atoms with van der Waals surface area (Å²) in [7, 11) is 1.79. The van der Waals surface area contributed by atoms with Gasteiger partial charge >= 0.3 is 0 Å². The lowest BCUT2D eigenvalue weighted by molar-refractivity contribution is -0.127. The van der Waals surface area contributed by atoms with Gasteiger partial charge in [-0.25, -0.2) is 4.98 Å². The number of carbonyl (C=O) groups is 1. The molecule has 218 valence electrons. The van der Waals surface area contributed by atoms with E-state index in [0.717, 1.165) is 61.8 Å². The van der Waals surface area contributed by atoms with Gasteiger partial charge in [-0.1, -0.05) is 43.2 Å². The number of fused-ring (bicyclic) bond motifs is 1. The molecule has 0 radical (unpaired) electrons. The minimum Gasteiger partial charge on any atom is -0.489 e. The first-order valence-electron chi connectivity index (χ1n) is 14.6. The molecule has 7 nitrogen and oxygen atoms in total. The number of carbonyl (C=O) groups excluding carboxylic acids is 1. The van der Waals surface area contributed by atoms with Crippen LogP contribution in [-0.4, -0.2) is 65.4 Å². The predicted molar refractivity (Wildman–Crippen MR) is 160 cm³/mol. The zero-order chi connectivity index (χ0) is 28.8. The Hall–Kier alpha value is -2.61. The second-order valence-corrected chi connectivity index (χ2v) is 11.8. The number of pyridine rings is 1. The van der Waals surface area contributed by atoms with E-state index < -0.39 is 12.2 Å². The minimum absolute atomic E-state index is 0.0424. The number of hydrogen-bond donors (Lipinski definition) is 2. The highest BCUT2D eigenvalue weighted by molar-refractivity contribution is 6.30. The Kier molecular flexibility index (Phi) is 10.5. The van der Waals surface area contributed by atoms with E-state index in [9.17, 15) is 15.0 Å². The largest absolute Gasteiger partial charge is 0.489 e. The molecule has 0 bridgehead atoms. The Morgan fingerprint density at radius 3 is 2.75 bits per heavy atom. The van der Waals surface area contributed by atoms with E-state index in [4.69, 9.17) is 21.3 Å². The molecule has 0 saturated heterocycles. The van der Waals surface area contributed by atoms with Gasteiger partial charge in [0.25, 0.3) is 0 Å². The summed E-state index contributed by atoms with van der Waals surface area (Å²) >= 11 is 6.37. The average molecular weight is 570 g/mol. The Bertz CT molecular complexity index is 1190. The number of halogens is 1. The highest BCUT2D eigenvalue weighted by Crippen LogP contribution is 2.42. The molecule has 1 fully saturated rings. The van der Waals surface area contributed by atoms with E-state index in [1.165, 1.54) is 11.1 Å². The molecule has 1 aliphatic carbocycles. The van der Waals surface area contributed by atoms with Crippen molar-refractivity contribution in [2.45, 2.75) is 71.0 Å². The topological polar surface area (TPSA) is 86.1 Å². The zero-order valence-corrected chi connectivity index (χ0v) is 25.0. The Balaban J connectivity index is 1.54. The quantitative estimate of drug-likeness (QED) is 0.346. The normalized spacial score (nSPS) is 22.2. The molecule has 8 heteroatoms. The summed E-state index contributed by atoms with van der Waals surface area (Å²) in [5, 5.41) is 22.0. The third-order valence-electron chi connectivity index (χ3n) is 8.41. The number of ether oxygens (including phenoxy) is 1. The van der Waals surface area contributed by atoms with E-state index in [-0.39, 0.29) is 17.7 Å². The van der Waals surface area contributed by atoms with Gasteiger partial charge in [0.15, 0.2) is 11.6 Å². The first-order valence-corrected chi connectivity index (χ1v) is 15.0. The molecule has 1 aromatic carbocycles. The number of benzene rings is 1. The summed E-state index contributed by atoms with van der Waals surface area (Å²) in [6.07, 6.45) is 7.39. The SMILES string of the molecule is CCCc1cc(Cl)ccc1C1COc2ccc(C(C)O)nc2N(CC2CCC2C(O)/C=C/CCN(C)C(C)=O)C1. The molecule has 2 heterocycles. The molecule has 2 aromatic rings. The van der Waals surface area contributed by atoms with Gasteiger partial charge in [0, 0.05) is 44.5 Å². The second kappa shape index (κ2) is 13.8. The third-order valence-corrected chi connectivity index (χ3v) is 8.64. The lowest BCUT2D eigenvalue weighted by Crippen LogP contribution is -2.44. The number of aryl methyl sites for hydroxylation is 1. The molecule has 5 unspecified atom stereocenters. The lowest BCUT2D eigenvalue weighted by Gasteiger charge is -2.42. The number of anilines is 1. The van der Waals surface area contributed by atoms with Gasteiger partial charge in [-0.15, -0.1) is 0 Å². The number of aromatic nitrogens is 1. The summed E-state index contributed by atoms with van der Waals surface area (Å²) in [6, 6.07) is 9.92. The predicted octanol–water partition coefficient (Wildman–Crippen LogP) is 5.54. The molecule has 5 atom stereocenters. The molecule has 1 aliphatic heterocycles. The van der Waals surface area contributed by atoms with E-state index in [1.54, 1.807) is 25.8 Å². The number of rotatable bonds is 11. The van der Waals surface area contributed by atoms with Crippen LogP contribution in [0.1, 0.15) is 75.3 Å².